The maximum absolute atomic E-state index is 6.50. The largest absolute Gasteiger partial charge is 0.456 e. The maximum atomic E-state index is 6.50. The highest BCUT2D eigenvalue weighted by Crippen LogP contribution is 2.55. The fraction of sp³-hybridized carbons (Fsp3) is 0.111. The Morgan fingerprint density at radius 3 is 1.61 bits per heavy atom. The Morgan fingerprint density at radius 1 is 0.429 bits per heavy atom. The minimum Gasteiger partial charge on any atom is -0.456 e. The van der Waals surface area contributed by atoms with E-state index in [0.29, 0.717) is 0 Å². The van der Waals surface area contributed by atoms with Crippen molar-refractivity contribution in [2.24, 2.45) is 0 Å². The van der Waals surface area contributed by atoms with Gasteiger partial charge in [-0.15, -0.1) is 0 Å². The van der Waals surface area contributed by atoms with Gasteiger partial charge in [0, 0.05) is 44.4 Å². The number of hydrogen-bond acceptors (Lipinski definition) is 3. The summed E-state index contributed by atoms with van der Waals surface area (Å²) in [6.45, 7) is 9.67. The average Bonchev–Trinajstić information content (AvgIpc) is 3.49. The highest BCUT2D eigenvalue weighted by atomic mass is 28.3. The number of nitrogens with zero attached hydrogens (tertiary/aromatic N) is 2. The molecule has 0 aliphatic carbocycles. The summed E-state index contributed by atoms with van der Waals surface area (Å²) >= 11 is 0. The lowest BCUT2D eigenvalue weighted by Gasteiger charge is -2.43. The molecule has 236 valence electrons. The molecule has 0 fully saturated rings. The SMILES string of the molecule is CC1(C)c2ccccc2N(c2cccc3c(N4c5ccccc5[Si](C)(C)c5ccccc54)cccc23)c2cc3oc4ccccc4c3cc21. The van der Waals surface area contributed by atoms with Crippen LogP contribution in [-0.2, 0) is 5.41 Å². The predicted octanol–water partition coefficient (Wildman–Crippen LogP) is 11.5. The van der Waals surface area contributed by atoms with Gasteiger partial charge in [-0.3, -0.25) is 0 Å². The van der Waals surface area contributed by atoms with Crippen LogP contribution in [0.2, 0.25) is 13.1 Å². The molecule has 8 aromatic rings. The summed E-state index contributed by atoms with van der Waals surface area (Å²) in [4.78, 5) is 4.98. The molecule has 0 saturated heterocycles. The van der Waals surface area contributed by atoms with Gasteiger partial charge in [0.1, 0.15) is 19.2 Å². The van der Waals surface area contributed by atoms with Crippen LogP contribution in [-0.4, -0.2) is 8.07 Å². The normalized spacial score (nSPS) is 15.6. The second kappa shape index (κ2) is 9.97. The van der Waals surface area contributed by atoms with Crippen LogP contribution in [0.25, 0.3) is 32.7 Å². The Hall–Kier alpha value is -5.58. The zero-order valence-corrected chi connectivity index (χ0v) is 29.2. The van der Waals surface area contributed by atoms with Gasteiger partial charge in [0.15, 0.2) is 0 Å². The molecule has 10 rings (SSSR count). The maximum Gasteiger partial charge on any atom is 0.137 e. The average molecular weight is 649 g/mol. The lowest BCUT2D eigenvalue weighted by Crippen LogP contribution is -2.58. The molecule has 0 radical (unpaired) electrons. The molecule has 7 aromatic carbocycles. The number of benzene rings is 7. The van der Waals surface area contributed by atoms with Gasteiger partial charge in [0.25, 0.3) is 0 Å². The molecule has 2 aliphatic rings. The van der Waals surface area contributed by atoms with Gasteiger partial charge < -0.3 is 14.2 Å². The second-order valence-electron chi connectivity index (χ2n) is 14.6. The number of rotatable bonds is 2. The van der Waals surface area contributed by atoms with Crippen molar-refractivity contribution in [1.29, 1.82) is 0 Å². The summed E-state index contributed by atoms with van der Waals surface area (Å²) in [6, 6.07) is 53.6. The molecular formula is C45H36N2OSi. The van der Waals surface area contributed by atoms with E-state index in [0.717, 1.165) is 33.3 Å². The van der Waals surface area contributed by atoms with Crippen LogP contribution < -0.4 is 20.2 Å². The van der Waals surface area contributed by atoms with E-state index >= 15 is 0 Å². The van der Waals surface area contributed by atoms with E-state index in [1.165, 1.54) is 55.0 Å². The minimum absolute atomic E-state index is 0.206. The van der Waals surface area contributed by atoms with Crippen LogP contribution >= 0.6 is 0 Å². The van der Waals surface area contributed by atoms with E-state index in [-0.39, 0.29) is 5.41 Å². The van der Waals surface area contributed by atoms with Crippen LogP contribution in [0.4, 0.5) is 34.1 Å². The predicted molar refractivity (Wildman–Crippen MR) is 209 cm³/mol. The van der Waals surface area contributed by atoms with Crippen molar-refractivity contribution in [2.45, 2.75) is 32.4 Å². The monoisotopic (exact) mass is 648 g/mol. The van der Waals surface area contributed by atoms with E-state index in [9.17, 15) is 0 Å². The summed E-state index contributed by atoms with van der Waals surface area (Å²) in [5, 5.41) is 7.69. The summed E-state index contributed by atoms with van der Waals surface area (Å²) in [6.07, 6.45) is 0. The van der Waals surface area contributed by atoms with Crippen LogP contribution in [0.5, 0.6) is 0 Å². The fourth-order valence-electron chi connectivity index (χ4n) is 8.77. The van der Waals surface area contributed by atoms with E-state index in [4.69, 9.17) is 4.42 Å². The highest BCUT2D eigenvalue weighted by molar-refractivity contribution is 7.02. The molecule has 0 amide bonds. The number of anilines is 6. The summed E-state index contributed by atoms with van der Waals surface area (Å²) in [5.41, 5.74) is 11.5. The van der Waals surface area contributed by atoms with Gasteiger partial charge in [-0.25, -0.2) is 0 Å². The van der Waals surface area contributed by atoms with Crippen LogP contribution in [0.15, 0.2) is 150 Å². The van der Waals surface area contributed by atoms with Crippen molar-refractivity contribution < 1.29 is 4.42 Å². The first-order chi connectivity index (χ1) is 23.8. The first-order valence-electron chi connectivity index (χ1n) is 17.2. The quantitative estimate of drug-likeness (QED) is 0.174. The number of hydrogen-bond donors (Lipinski definition) is 0. The molecule has 3 heterocycles. The third-order valence-corrected chi connectivity index (χ3v) is 14.8. The van der Waals surface area contributed by atoms with Crippen molar-refractivity contribution in [1.82, 2.24) is 0 Å². The van der Waals surface area contributed by atoms with Gasteiger partial charge in [0.2, 0.25) is 0 Å². The van der Waals surface area contributed by atoms with Crippen molar-refractivity contribution in [3.8, 4) is 0 Å². The van der Waals surface area contributed by atoms with Gasteiger partial charge in [-0.05, 0) is 64.0 Å². The molecule has 0 spiro atoms. The number of para-hydroxylation sites is 4. The third-order valence-electron chi connectivity index (χ3n) is 11.2. The van der Waals surface area contributed by atoms with Gasteiger partial charge in [-0.1, -0.05) is 124 Å². The van der Waals surface area contributed by atoms with E-state index < -0.39 is 8.07 Å². The molecule has 49 heavy (non-hydrogen) atoms. The molecular weight excluding hydrogens is 613 g/mol. The molecule has 0 N–H and O–H groups in total. The van der Waals surface area contributed by atoms with Crippen LogP contribution in [0.1, 0.15) is 25.0 Å². The molecule has 1 aromatic heterocycles. The lowest BCUT2D eigenvalue weighted by molar-refractivity contribution is 0.631. The standard InChI is InChI=1S/C45H36N2OSi/c1-45(2)33-18-6-7-19-37(33)46(40-28-42-32(27-34(40)45)31-15-5-10-24-41(31)48-42)35-22-13-17-30-29(35)16-14-23-36(30)47-38-20-8-11-25-43(38)49(3,4)44-26-12-9-21-39(44)47/h5-28H,1-4H3. The third kappa shape index (κ3) is 3.83. The summed E-state index contributed by atoms with van der Waals surface area (Å²) < 4.78 is 6.50. The zero-order valence-electron chi connectivity index (χ0n) is 28.2. The van der Waals surface area contributed by atoms with E-state index in [1.54, 1.807) is 0 Å². The zero-order chi connectivity index (χ0) is 33.1. The fourth-order valence-corrected chi connectivity index (χ4v) is 11.8. The van der Waals surface area contributed by atoms with Crippen molar-refractivity contribution in [2.75, 3.05) is 9.80 Å². The Bertz CT molecular complexity index is 2600. The number of furan rings is 1. The molecule has 3 nitrogen and oxygen atoms in total. The Kier molecular flexibility index (Phi) is 5.79. The highest BCUT2D eigenvalue weighted by Gasteiger charge is 2.40. The molecule has 4 heteroatoms. The summed E-state index contributed by atoms with van der Waals surface area (Å²) in [7, 11) is -1.90. The Labute approximate surface area is 287 Å². The van der Waals surface area contributed by atoms with Crippen molar-refractivity contribution >= 4 is 85.3 Å². The van der Waals surface area contributed by atoms with Crippen molar-refractivity contribution in [3.05, 3.63) is 157 Å². The molecule has 0 saturated carbocycles. The molecule has 2 aliphatic heterocycles. The van der Waals surface area contributed by atoms with Gasteiger partial charge >= 0.3 is 0 Å². The smallest absolute Gasteiger partial charge is 0.137 e. The Morgan fingerprint density at radius 2 is 0.939 bits per heavy atom. The summed E-state index contributed by atoms with van der Waals surface area (Å²) in [5.74, 6) is 0. The topological polar surface area (TPSA) is 19.6 Å². The van der Waals surface area contributed by atoms with Crippen molar-refractivity contribution in [3.63, 3.8) is 0 Å². The first-order valence-corrected chi connectivity index (χ1v) is 20.2. The molecule has 0 atom stereocenters. The van der Waals surface area contributed by atoms with E-state index in [1.807, 2.05) is 6.07 Å². The Balaban J connectivity index is 1.25. The van der Waals surface area contributed by atoms with Crippen LogP contribution in [0, 0.1) is 0 Å². The lowest BCUT2D eigenvalue weighted by atomic mass is 9.73. The number of fused-ring (bicyclic) bond motifs is 8. The first kappa shape index (κ1) is 28.4. The molecule has 0 bridgehead atoms. The minimum atomic E-state index is -1.90. The van der Waals surface area contributed by atoms with Gasteiger partial charge in [0.05, 0.1) is 22.7 Å². The van der Waals surface area contributed by atoms with E-state index in [2.05, 4.69) is 176 Å². The van der Waals surface area contributed by atoms with Crippen LogP contribution in [0.3, 0.4) is 0 Å². The second-order valence-corrected chi connectivity index (χ2v) is 18.9. The molecule has 0 unspecified atom stereocenters. The van der Waals surface area contributed by atoms with Gasteiger partial charge in [-0.2, -0.15) is 0 Å².